The van der Waals surface area contributed by atoms with Crippen molar-refractivity contribution in [1.29, 1.82) is 0 Å². The number of aliphatic imine (C=N–C) groups is 1. The van der Waals surface area contributed by atoms with Gasteiger partial charge in [-0.3, -0.25) is 0 Å². The van der Waals surface area contributed by atoms with Gasteiger partial charge in [-0.05, 0) is 24.1 Å². The molecule has 1 heterocycles. The molecule has 1 unspecified atom stereocenters. The molecule has 0 radical (unpaired) electrons. The van der Waals surface area contributed by atoms with Crippen LogP contribution in [0.25, 0.3) is 0 Å². The van der Waals surface area contributed by atoms with Crippen molar-refractivity contribution in [2.24, 2.45) is 10.7 Å². The largest absolute Gasteiger partial charge is 0.490 e. The lowest BCUT2D eigenvalue weighted by atomic mass is 10.1. The monoisotopic (exact) mass is 340 g/mol. The lowest BCUT2D eigenvalue weighted by molar-refractivity contribution is 0.167. The molecule has 5 nitrogen and oxygen atoms in total. The van der Waals surface area contributed by atoms with E-state index in [0.717, 1.165) is 29.9 Å². The molecular weight excluding hydrogens is 316 g/mol. The molecule has 0 aromatic heterocycles. The number of benzene rings is 2. The van der Waals surface area contributed by atoms with Crippen molar-refractivity contribution < 1.29 is 14.2 Å². The Morgan fingerprint density at radius 2 is 1.96 bits per heavy atom. The second kappa shape index (κ2) is 8.42. The van der Waals surface area contributed by atoms with E-state index >= 15 is 0 Å². The third-order valence-electron chi connectivity index (χ3n) is 4.08. The van der Waals surface area contributed by atoms with Gasteiger partial charge in [0.15, 0.2) is 0 Å². The zero-order valence-corrected chi connectivity index (χ0v) is 14.4. The van der Waals surface area contributed by atoms with Crippen molar-refractivity contribution in [3.63, 3.8) is 0 Å². The van der Waals surface area contributed by atoms with Gasteiger partial charge in [-0.25, -0.2) is 4.99 Å². The maximum Gasteiger partial charge on any atom is 0.282 e. The van der Waals surface area contributed by atoms with E-state index in [-0.39, 0.29) is 18.2 Å². The van der Waals surface area contributed by atoms with E-state index in [1.165, 1.54) is 0 Å². The van der Waals surface area contributed by atoms with Crippen LogP contribution in [-0.2, 0) is 11.3 Å². The molecule has 0 fully saturated rings. The van der Waals surface area contributed by atoms with E-state index in [9.17, 15) is 0 Å². The molecule has 2 N–H and O–H groups in total. The smallest absolute Gasteiger partial charge is 0.282 e. The van der Waals surface area contributed by atoms with E-state index in [2.05, 4.69) is 11.9 Å². The van der Waals surface area contributed by atoms with Crippen molar-refractivity contribution in [1.82, 2.24) is 0 Å². The van der Waals surface area contributed by atoms with Crippen LogP contribution in [0.3, 0.4) is 0 Å². The highest BCUT2D eigenvalue weighted by Gasteiger charge is 2.22. The molecular formula is C20H24N2O3. The average molecular weight is 340 g/mol. The summed E-state index contributed by atoms with van der Waals surface area (Å²) in [5.41, 5.74) is 6.70. The van der Waals surface area contributed by atoms with Crippen LogP contribution >= 0.6 is 0 Å². The first-order valence-electron chi connectivity index (χ1n) is 8.62. The van der Waals surface area contributed by atoms with Gasteiger partial charge in [-0.2, -0.15) is 0 Å². The minimum atomic E-state index is 0.0626. The standard InChI is InChI=1S/C20H24N2O3/c1-2-17(11-16-14-24-20(21)22-16)25-19-10-6-9-18(12-19)23-13-15-7-4-3-5-8-15/h3-10,12,16-17H,2,11,13-14H2,1H3,(H2,21,22)/t16?,17-/m0/s1. The Hall–Kier alpha value is -2.69. The van der Waals surface area contributed by atoms with E-state index in [1.807, 2.05) is 54.6 Å². The van der Waals surface area contributed by atoms with Gasteiger partial charge in [-0.1, -0.05) is 43.3 Å². The zero-order chi connectivity index (χ0) is 17.5. The molecule has 25 heavy (non-hydrogen) atoms. The number of rotatable bonds is 8. The summed E-state index contributed by atoms with van der Waals surface area (Å²) < 4.78 is 17.2. The summed E-state index contributed by atoms with van der Waals surface area (Å²) in [5.74, 6) is 1.59. The van der Waals surface area contributed by atoms with E-state index in [0.29, 0.717) is 13.2 Å². The third-order valence-corrected chi connectivity index (χ3v) is 4.08. The Labute approximate surface area is 148 Å². The second-order valence-electron chi connectivity index (χ2n) is 6.07. The van der Waals surface area contributed by atoms with Crippen LogP contribution in [0.5, 0.6) is 11.5 Å². The van der Waals surface area contributed by atoms with Crippen LogP contribution in [0.4, 0.5) is 0 Å². The molecule has 132 valence electrons. The summed E-state index contributed by atoms with van der Waals surface area (Å²) in [4.78, 5) is 4.27. The number of nitrogens with two attached hydrogens (primary N) is 1. The summed E-state index contributed by atoms with van der Waals surface area (Å²) in [5, 5.41) is 0. The van der Waals surface area contributed by atoms with Gasteiger partial charge in [0.2, 0.25) is 0 Å². The van der Waals surface area contributed by atoms with E-state index in [4.69, 9.17) is 19.9 Å². The van der Waals surface area contributed by atoms with Gasteiger partial charge in [0.1, 0.15) is 30.8 Å². The highest BCUT2D eigenvalue weighted by Crippen LogP contribution is 2.24. The molecule has 5 heteroatoms. The van der Waals surface area contributed by atoms with Gasteiger partial charge >= 0.3 is 0 Å². The zero-order valence-electron chi connectivity index (χ0n) is 14.4. The van der Waals surface area contributed by atoms with Gasteiger partial charge in [0.25, 0.3) is 6.02 Å². The van der Waals surface area contributed by atoms with Crippen LogP contribution in [-0.4, -0.2) is 24.8 Å². The Balaban J connectivity index is 1.56. The molecule has 0 spiro atoms. The Bertz CT molecular complexity index is 703. The van der Waals surface area contributed by atoms with Crippen LogP contribution < -0.4 is 15.2 Å². The van der Waals surface area contributed by atoms with Crippen molar-refractivity contribution in [3.05, 3.63) is 60.2 Å². The van der Waals surface area contributed by atoms with Crippen molar-refractivity contribution in [2.45, 2.75) is 38.5 Å². The van der Waals surface area contributed by atoms with E-state index < -0.39 is 0 Å². The van der Waals surface area contributed by atoms with Gasteiger partial charge in [0, 0.05) is 12.5 Å². The lowest BCUT2D eigenvalue weighted by Gasteiger charge is -2.19. The van der Waals surface area contributed by atoms with Crippen molar-refractivity contribution in [2.75, 3.05) is 6.61 Å². The molecule has 1 aliphatic rings. The van der Waals surface area contributed by atoms with E-state index in [1.54, 1.807) is 0 Å². The predicted octanol–water partition coefficient (Wildman–Crippen LogP) is 3.53. The number of hydrogen-bond acceptors (Lipinski definition) is 5. The molecule has 0 aliphatic carbocycles. The molecule has 2 aromatic rings. The fraction of sp³-hybridized carbons (Fsp3) is 0.350. The first kappa shape index (κ1) is 17.1. The second-order valence-corrected chi connectivity index (χ2v) is 6.07. The van der Waals surface area contributed by atoms with Gasteiger partial charge in [0.05, 0.1) is 6.04 Å². The summed E-state index contributed by atoms with van der Waals surface area (Å²) in [7, 11) is 0. The minimum absolute atomic E-state index is 0.0626. The van der Waals surface area contributed by atoms with Gasteiger partial charge < -0.3 is 19.9 Å². The molecule has 2 aromatic carbocycles. The lowest BCUT2D eigenvalue weighted by Crippen LogP contribution is -2.22. The first-order chi connectivity index (χ1) is 12.2. The molecule has 0 saturated heterocycles. The van der Waals surface area contributed by atoms with Crippen LogP contribution in [0, 0.1) is 0 Å². The maximum atomic E-state index is 6.11. The minimum Gasteiger partial charge on any atom is -0.490 e. The van der Waals surface area contributed by atoms with Crippen molar-refractivity contribution in [3.8, 4) is 11.5 Å². The molecule has 0 saturated carbocycles. The Kier molecular flexibility index (Phi) is 5.77. The first-order valence-corrected chi connectivity index (χ1v) is 8.62. The quantitative estimate of drug-likeness (QED) is 0.798. The third kappa shape index (κ3) is 5.14. The topological polar surface area (TPSA) is 66.1 Å². The van der Waals surface area contributed by atoms with Crippen LogP contribution in [0.2, 0.25) is 0 Å². The van der Waals surface area contributed by atoms with Crippen LogP contribution in [0.15, 0.2) is 59.6 Å². The summed E-state index contributed by atoms with van der Waals surface area (Å²) in [6, 6.07) is 18.2. The molecule has 1 aliphatic heterocycles. The highest BCUT2D eigenvalue weighted by molar-refractivity contribution is 5.73. The molecule has 3 rings (SSSR count). The average Bonchev–Trinajstić information content (AvgIpc) is 3.05. The molecule has 2 atom stereocenters. The summed E-state index contributed by atoms with van der Waals surface area (Å²) >= 11 is 0. The summed E-state index contributed by atoms with van der Waals surface area (Å²) in [6.07, 6.45) is 1.74. The van der Waals surface area contributed by atoms with Crippen LogP contribution in [0.1, 0.15) is 25.3 Å². The summed E-state index contributed by atoms with van der Waals surface area (Å²) in [6.45, 7) is 3.17. The number of hydrogen-bond donors (Lipinski definition) is 1. The Morgan fingerprint density at radius 1 is 1.16 bits per heavy atom. The SMILES string of the molecule is CC[C@@H](CC1COC(N)=N1)Oc1cccc(OCc2ccccc2)c1. The molecule has 0 amide bonds. The van der Waals surface area contributed by atoms with Crippen molar-refractivity contribution >= 4 is 6.02 Å². The number of amidine groups is 1. The fourth-order valence-electron chi connectivity index (χ4n) is 2.73. The maximum absolute atomic E-state index is 6.11. The number of nitrogens with zero attached hydrogens (tertiary/aromatic N) is 1. The highest BCUT2D eigenvalue weighted by atomic mass is 16.5. The predicted molar refractivity (Wildman–Crippen MR) is 97.9 cm³/mol. The molecule has 0 bridgehead atoms. The number of ether oxygens (including phenoxy) is 3. The fourth-order valence-corrected chi connectivity index (χ4v) is 2.73. The Morgan fingerprint density at radius 3 is 2.68 bits per heavy atom. The van der Waals surface area contributed by atoms with Gasteiger partial charge in [-0.15, -0.1) is 0 Å². The normalized spacial score (nSPS) is 17.5.